The predicted octanol–water partition coefficient (Wildman–Crippen LogP) is 4.37. The zero-order valence-corrected chi connectivity index (χ0v) is 13.0. The third-order valence-corrected chi connectivity index (χ3v) is 5.99. The summed E-state index contributed by atoms with van der Waals surface area (Å²) >= 11 is 2.04. The lowest BCUT2D eigenvalue weighted by Gasteiger charge is -2.27. The van der Waals surface area contributed by atoms with Crippen molar-refractivity contribution in [2.45, 2.75) is 41.9 Å². The molecule has 0 bridgehead atoms. The van der Waals surface area contributed by atoms with Crippen LogP contribution >= 0.6 is 11.8 Å². The average molecular weight is 295 g/mol. The Hall–Kier alpha value is -1.25. The Morgan fingerprint density at radius 2 is 1.81 bits per heavy atom. The molecule has 0 saturated heterocycles. The molecule has 0 radical (unpaired) electrons. The minimum atomic E-state index is 0.555. The van der Waals surface area contributed by atoms with E-state index in [4.69, 9.17) is 0 Å². The zero-order valence-electron chi connectivity index (χ0n) is 12.2. The first-order valence-corrected chi connectivity index (χ1v) is 8.84. The standard InChI is InChI=1S/C19H21NS/c1-3-9-17-14(6-1)8-5-10-18(17)20-13-16-12-15-7-2-4-11-19(15)21-16/h1-4,6-7,9,11,16,18,20H,5,8,10,12-13H2. The van der Waals surface area contributed by atoms with Crippen LogP contribution < -0.4 is 5.32 Å². The molecule has 1 aliphatic heterocycles. The molecule has 1 aliphatic carbocycles. The predicted molar refractivity (Wildman–Crippen MR) is 89.9 cm³/mol. The molecule has 2 aromatic carbocycles. The number of hydrogen-bond acceptors (Lipinski definition) is 2. The van der Waals surface area contributed by atoms with Crippen molar-refractivity contribution in [1.29, 1.82) is 0 Å². The molecule has 0 aromatic heterocycles. The van der Waals surface area contributed by atoms with E-state index in [9.17, 15) is 0 Å². The molecule has 1 N–H and O–H groups in total. The van der Waals surface area contributed by atoms with Crippen LogP contribution in [-0.4, -0.2) is 11.8 Å². The lowest BCUT2D eigenvalue weighted by molar-refractivity contribution is 0.459. The highest BCUT2D eigenvalue weighted by molar-refractivity contribution is 8.00. The van der Waals surface area contributed by atoms with Gasteiger partial charge in [-0.15, -0.1) is 11.8 Å². The Bertz CT molecular complexity index is 612. The first-order valence-electron chi connectivity index (χ1n) is 7.96. The zero-order chi connectivity index (χ0) is 14.1. The van der Waals surface area contributed by atoms with Crippen LogP contribution in [0.2, 0.25) is 0 Å². The minimum Gasteiger partial charge on any atom is -0.309 e. The van der Waals surface area contributed by atoms with Gasteiger partial charge in [0.25, 0.3) is 0 Å². The molecule has 21 heavy (non-hydrogen) atoms. The van der Waals surface area contributed by atoms with Gasteiger partial charge >= 0.3 is 0 Å². The number of hydrogen-bond donors (Lipinski definition) is 1. The summed E-state index contributed by atoms with van der Waals surface area (Å²) in [5.74, 6) is 0. The maximum absolute atomic E-state index is 3.83. The molecule has 4 rings (SSSR count). The van der Waals surface area contributed by atoms with E-state index in [1.54, 1.807) is 5.56 Å². The molecule has 1 nitrogen and oxygen atoms in total. The Balaban J connectivity index is 1.41. The van der Waals surface area contributed by atoms with Gasteiger partial charge in [-0.2, -0.15) is 0 Å². The van der Waals surface area contributed by atoms with Crippen molar-refractivity contribution in [3.8, 4) is 0 Å². The van der Waals surface area contributed by atoms with E-state index < -0.39 is 0 Å². The molecule has 1 heterocycles. The summed E-state index contributed by atoms with van der Waals surface area (Å²) in [4.78, 5) is 1.48. The van der Waals surface area contributed by atoms with Gasteiger partial charge < -0.3 is 5.32 Å². The second-order valence-electron chi connectivity index (χ2n) is 6.10. The van der Waals surface area contributed by atoms with Gasteiger partial charge in [0, 0.05) is 22.7 Å². The summed E-state index contributed by atoms with van der Waals surface area (Å²) in [6.07, 6.45) is 5.05. The molecule has 2 unspecified atom stereocenters. The molecule has 0 amide bonds. The van der Waals surface area contributed by atoms with Gasteiger partial charge in [-0.25, -0.2) is 0 Å². The highest BCUT2D eigenvalue weighted by Crippen LogP contribution is 2.37. The topological polar surface area (TPSA) is 12.0 Å². The number of fused-ring (bicyclic) bond motifs is 2. The number of nitrogens with one attached hydrogen (secondary N) is 1. The number of thioether (sulfide) groups is 1. The van der Waals surface area contributed by atoms with Gasteiger partial charge in [0.15, 0.2) is 0 Å². The smallest absolute Gasteiger partial charge is 0.0323 e. The van der Waals surface area contributed by atoms with Crippen molar-refractivity contribution in [1.82, 2.24) is 5.32 Å². The van der Waals surface area contributed by atoms with Gasteiger partial charge in [-0.3, -0.25) is 0 Å². The fraction of sp³-hybridized carbons (Fsp3) is 0.368. The first-order chi connectivity index (χ1) is 10.4. The van der Waals surface area contributed by atoms with Crippen LogP contribution in [0.3, 0.4) is 0 Å². The van der Waals surface area contributed by atoms with Gasteiger partial charge in [-0.1, -0.05) is 42.5 Å². The van der Waals surface area contributed by atoms with E-state index in [1.165, 1.54) is 41.7 Å². The van der Waals surface area contributed by atoms with Crippen molar-refractivity contribution in [3.63, 3.8) is 0 Å². The van der Waals surface area contributed by atoms with Crippen LogP contribution in [0, 0.1) is 0 Å². The first kappa shape index (κ1) is 13.4. The summed E-state index contributed by atoms with van der Waals surface area (Å²) in [5, 5.41) is 4.52. The minimum absolute atomic E-state index is 0.555. The lowest BCUT2D eigenvalue weighted by Crippen LogP contribution is -2.31. The molecule has 2 heteroatoms. The van der Waals surface area contributed by atoms with Gasteiger partial charge in [0.2, 0.25) is 0 Å². The highest BCUT2D eigenvalue weighted by Gasteiger charge is 2.24. The second-order valence-corrected chi connectivity index (χ2v) is 7.45. The van der Waals surface area contributed by atoms with Crippen LogP contribution in [0.15, 0.2) is 53.4 Å². The summed E-state index contributed by atoms with van der Waals surface area (Å²) in [7, 11) is 0. The van der Waals surface area contributed by atoms with E-state index in [1.807, 2.05) is 11.8 Å². The van der Waals surface area contributed by atoms with E-state index >= 15 is 0 Å². The number of rotatable bonds is 3. The normalized spacial score (nSPS) is 23.6. The maximum atomic E-state index is 3.83. The fourth-order valence-corrected chi connectivity index (χ4v) is 4.87. The average Bonchev–Trinajstić information content (AvgIpc) is 2.96. The fourth-order valence-electron chi connectivity index (χ4n) is 3.61. The van der Waals surface area contributed by atoms with Crippen LogP contribution in [0.5, 0.6) is 0 Å². The molecular weight excluding hydrogens is 274 g/mol. The maximum Gasteiger partial charge on any atom is 0.0323 e. The van der Waals surface area contributed by atoms with E-state index in [-0.39, 0.29) is 0 Å². The van der Waals surface area contributed by atoms with Crippen LogP contribution in [0.1, 0.15) is 35.6 Å². The van der Waals surface area contributed by atoms with E-state index in [0.717, 1.165) is 6.54 Å². The quantitative estimate of drug-likeness (QED) is 0.902. The molecule has 0 saturated carbocycles. The van der Waals surface area contributed by atoms with Crippen molar-refractivity contribution < 1.29 is 0 Å². The molecule has 0 fully saturated rings. The van der Waals surface area contributed by atoms with Gasteiger partial charge in [0.05, 0.1) is 0 Å². The van der Waals surface area contributed by atoms with Crippen LogP contribution in [0.4, 0.5) is 0 Å². The Labute approximate surface area is 131 Å². The summed E-state index contributed by atoms with van der Waals surface area (Å²) < 4.78 is 0. The third-order valence-electron chi connectivity index (χ3n) is 4.68. The molecule has 2 aliphatic rings. The van der Waals surface area contributed by atoms with Crippen molar-refractivity contribution in [3.05, 3.63) is 65.2 Å². The number of aryl methyl sites for hydroxylation is 1. The van der Waals surface area contributed by atoms with Crippen molar-refractivity contribution >= 4 is 11.8 Å². The monoisotopic (exact) mass is 295 g/mol. The van der Waals surface area contributed by atoms with E-state index in [2.05, 4.69) is 53.8 Å². The number of benzene rings is 2. The van der Waals surface area contributed by atoms with Crippen LogP contribution in [-0.2, 0) is 12.8 Å². The molecule has 2 atom stereocenters. The Morgan fingerprint density at radius 3 is 2.71 bits per heavy atom. The summed E-state index contributed by atoms with van der Waals surface area (Å²) in [5.41, 5.74) is 4.60. The van der Waals surface area contributed by atoms with Crippen LogP contribution in [0.25, 0.3) is 0 Å². The third kappa shape index (κ3) is 2.75. The highest BCUT2D eigenvalue weighted by atomic mass is 32.2. The van der Waals surface area contributed by atoms with Gasteiger partial charge in [0.1, 0.15) is 0 Å². The Kier molecular flexibility index (Phi) is 3.74. The summed E-state index contributed by atoms with van der Waals surface area (Å²) in [6, 6.07) is 18.4. The van der Waals surface area contributed by atoms with E-state index in [0.29, 0.717) is 11.3 Å². The lowest BCUT2D eigenvalue weighted by atomic mass is 9.87. The van der Waals surface area contributed by atoms with Crippen molar-refractivity contribution in [2.24, 2.45) is 0 Å². The van der Waals surface area contributed by atoms with Gasteiger partial charge in [-0.05, 0) is 48.4 Å². The molecule has 0 spiro atoms. The van der Waals surface area contributed by atoms with Crippen molar-refractivity contribution in [2.75, 3.05) is 6.54 Å². The largest absolute Gasteiger partial charge is 0.309 e. The summed E-state index contributed by atoms with van der Waals surface area (Å²) in [6.45, 7) is 1.11. The molecule has 108 valence electrons. The SMILES string of the molecule is c1ccc2c(c1)CC(CNC1CCCc3ccccc31)S2. The second kappa shape index (κ2) is 5.86. The Morgan fingerprint density at radius 1 is 1.00 bits per heavy atom. The molecular formula is C19H21NS. The molecule has 2 aromatic rings.